The van der Waals surface area contributed by atoms with Gasteiger partial charge < -0.3 is 16.0 Å². The first-order valence-electron chi connectivity index (χ1n) is 9.43. The third-order valence-electron chi connectivity index (χ3n) is 4.13. The summed E-state index contributed by atoms with van der Waals surface area (Å²) in [6, 6.07) is 19.0. The Morgan fingerprint density at radius 2 is 1.45 bits per heavy atom. The second-order valence-electron chi connectivity index (χ2n) is 6.67. The van der Waals surface area contributed by atoms with Crippen molar-refractivity contribution in [3.8, 4) is 0 Å². The summed E-state index contributed by atoms with van der Waals surface area (Å²) in [5, 5.41) is 7.97. The maximum absolute atomic E-state index is 13.3. The summed E-state index contributed by atoms with van der Waals surface area (Å²) in [6.07, 6.45) is 3.00. The van der Waals surface area contributed by atoms with Gasteiger partial charge in [-0.25, -0.2) is 4.39 Å². The Balaban J connectivity index is 1.60. The number of nitrogens with one attached hydrogen (secondary N) is 3. The van der Waals surface area contributed by atoms with Crippen molar-refractivity contribution in [3.05, 3.63) is 95.8 Å². The zero-order chi connectivity index (χ0) is 22.2. The summed E-state index contributed by atoms with van der Waals surface area (Å²) in [4.78, 5) is 35.6. The molecule has 3 aromatic rings. The van der Waals surface area contributed by atoms with Crippen molar-refractivity contribution >= 4 is 40.9 Å². The van der Waals surface area contributed by atoms with Crippen LogP contribution in [0.25, 0.3) is 6.08 Å². The van der Waals surface area contributed by atoms with E-state index in [4.69, 9.17) is 0 Å². The van der Waals surface area contributed by atoms with Gasteiger partial charge in [-0.05, 0) is 60.2 Å². The minimum absolute atomic E-state index is 0.158. The van der Waals surface area contributed by atoms with Crippen LogP contribution in [0.3, 0.4) is 0 Å². The second-order valence-corrected chi connectivity index (χ2v) is 6.67. The predicted molar refractivity (Wildman–Crippen MR) is 119 cm³/mol. The molecule has 0 atom stereocenters. The van der Waals surface area contributed by atoms with Crippen LogP contribution >= 0.6 is 0 Å². The first-order chi connectivity index (χ1) is 14.9. The minimum atomic E-state index is -0.449. The molecule has 3 rings (SSSR count). The predicted octanol–water partition coefficient (Wildman–Crippen LogP) is 4.69. The molecular weight excluding hydrogens is 397 g/mol. The van der Waals surface area contributed by atoms with Crippen molar-refractivity contribution in [2.24, 2.45) is 0 Å². The highest BCUT2D eigenvalue weighted by Gasteiger charge is 2.08. The molecule has 0 unspecified atom stereocenters. The molecule has 0 fully saturated rings. The van der Waals surface area contributed by atoms with Crippen LogP contribution in [0.1, 0.15) is 22.8 Å². The van der Waals surface area contributed by atoms with Crippen molar-refractivity contribution in [2.75, 3.05) is 16.0 Å². The first-order valence-corrected chi connectivity index (χ1v) is 9.43. The Bertz CT molecular complexity index is 1140. The number of carbonyl (C=O) groups excluding carboxylic acids is 3. The van der Waals surface area contributed by atoms with Crippen molar-refractivity contribution in [3.63, 3.8) is 0 Å². The van der Waals surface area contributed by atoms with E-state index < -0.39 is 11.7 Å². The third kappa shape index (κ3) is 6.64. The molecule has 0 aromatic heterocycles. The van der Waals surface area contributed by atoms with Crippen LogP contribution in [0.2, 0.25) is 0 Å². The van der Waals surface area contributed by atoms with Gasteiger partial charge in [-0.2, -0.15) is 0 Å². The van der Waals surface area contributed by atoms with Gasteiger partial charge in [0.05, 0.1) is 0 Å². The molecule has 0 aliphatic carbocycles. The molecule has 0 saturated heterocycles. The van der Waals surface area contributed by atoms with E-state index >= 15 is 0 Å². The van der Waals surface area contributed by atoms with E-state index in [-0.39, 0.29) is 11.8 Å². The Kier molecular flexibility index (Phi) is 6.90. The van der Waals surface area contributed by atoms with E-state index in [1.807, 2.05) is 0 Å². The highest BCUT2D eigenvalue weighted by Crippen LogP contribution is 2.15. The van der Waals surface area contributed by atoms with E-state index in [0.717, 1.165) is 5.56 Å². The van der Waals surface area contributed by atoms with Gasteiger partial charge in [0.15, 0.2) is 0 Å². The molecule has 0 spiro atoms. The number of hydrogen-bond donors (Lipinski definition) is 3. The fourth-order valence-electron chi connectivity index (χ4n) is 2.74. The van der Waals surface area contributed by atoms with E-state index in [1.54, 1.807) is 54.6 Å². The highest BCUT2D eigenvalue weighted by atomic mass is 19.1. The number of amides is 3. The molecule has 0 saturated carbocycles. The maximum atomic E-state index is 13.3. The van der Waals surface area contributed by atoms with Crippen molar-refractivity contribution in [2.45, 2.75) is 6.92 Å². The largest absolute Gasteiger partial charge is 0.326 e. The summed E-state index contributed by atoms with van der Waals surface area (Å²) in [7, 11) is 0. The van der Waals surface area contributed by atoms with E-state index in [1.165, 1.54) is 37.3 Å². The number of halogens is 1. The Morgan fingerprint density at radius 1 is 0.774 bits per heavy atom. The molecule has 6 nitrogen and oxygen atoms in total. The lowest BCUT2D eigenvalue weighted by atomic mass is 10.1. The third-order valence-corrected chi connectivity index (χ3v) is 4.13. The van der Waals surface area contributed by atoms with Gasteiger partial charge in [-0.15, -0.1) is 0 Å². The maximum Gasteiger partial charge on any atom is 0.255 e. The summed E-state index contributed by atoms with van der Waals surface area (Å²) >= 11 is 0. The highest BCUT2D eigenvalue weighted by molar-refractivity contribution is 6.06. The lowest BCUT2D eigenvalue weighted by molar-refractivity contribution is -0.114. The smallest absolute Gasteiger partial charge is 0.255 e. The van der Waals surface area contributed by atoms with Crippen LogP contribution in [0.4, 0.5) is 21.5 Å². The van der Waals surface area contributed by atoms with Gasteiger partial charge in [0.2, 0.25) is 11.8 Å². The Labute approximate surface area is 178 Å². The zero-order valence-corrected chi connectivity index (χ0v) is 16.7. The standard InChI is InChI=1S/C24H20FN3O3/c1-16(29)26-20-11-8-17(9-12-20)10-13-23(30)27-21-6-2-4-18(14-21)24(31)28-22-7-3-5-19(25)15-22/h2-15H,1H3,(H,26,29)(H,27,30)(H,28,31)/b13-10+. The molecule has 3 aromatic carbocycles. The van der Waals surface area contributed by atoms with Crippen LogP contribution in [0.5, 0.6) is 0 Å². The molecule has 0 heterocycles. The lowest BCUT2D eigenvalue weighted by Gasteiger charge is -2.08. The second kappa shape index (κ2) is 9.98. The molecule has 0 aliphatic heterocycles. The topological polar surface area (TPSA) is 87.3 Å². The van der Waals surface area contributed by atoms with Crippen LogP contribution in [-0.4, -0.2) is 17.7 Å². The van der Waals surface area contributed by atoms with Crippen LogP contribution in [-0.2, 0) is 9.59 Å². The molecule has 0 radical (unpaired) electrons. The Hall–Kier alpha value is -4.26. The number of hydrogen-bond acceptors (Lipinski definition) is 3. The van der Waals surface area contributed by atoms with E-state index in [9.17, 15) is 18.8 Å². The zero-order valence-electron chi connectivity index (χ0n) is 16.7. The van der Waals surface area contributed by atoms with Crippen LogP contribution < -0.4 is 16.0 Å². The van der Waals surface area contributed by atoms with Crippen LogP contribution in [0, 0.1) is 5.82 Å². The van der Waals surface area contributed by atoms with Crippen molar-refractivity contribution < 1.29 is 18.8 Å². The van der Waals surface area contributed by atoms with Gasteiger partial charge >= 0.3 is 0 Å². The summed E-state index contributed by atoms with van der Waals surface area (Å²) < 4.78 is 13.3. The van der Waals surface area contributed by atoms with Gasteiger partial charge in [-0.3, -0.25) is 14.4 Å². The molecular formula is C24H20FN3O3. The fourth-order valence-corrected chi connectivity index (χ4v) is 2.74. The number of anilines is 3. The number of benzene rings is 3. The fraction of sp³-hybridized carbons (Fsp3) is 0.0417. The summed E-state index contributed by atoms with van der Waals surface area (Å²) in [5.74, 6) is -1.39. The van der Waals surface area contributed by atoms with Crippen LogP contribution in [0.15, 0.2) is 78.9 Å². The first kappa shape index (κ1) is 21.4. The van der Waals surface area contributed by atoms with E-state index in [2.05, 4.69) is 16.0 Å². The SMILES string of the molecule is CC(=O)Nc1ccc(/C=C/C(=O)Nc2cccc(C(=O)Nc3cccc(F)c3)c2)cc1. The summed E-state index contributed by atoms with van der Waals surface area (Å²) in [6.45, 7) is 1.43. The van der Waals surface area contributed by atoms with E-state index in [0.29, 0.717) is 22.6 Å². The number of carbonyl (C=O) groups is 3. The van der Waals surface area contributed by atoms with Gasteiger partial charge in [0.1, 0.15) is 5.82 Å². The normalized spacial score (nSPS) is 10.5. The lowest BCUT2D eigenvalue weighted by Crippen LogP contribution is -2.13. The average Bonchev–Trinajstić information content (AvgIpc) is 2.73. The number of rotatable bonds is 6. The molecule has 3 amide bonds. The minimum Gasteiger partial charge on any atom is -0.326 e. The molecule has 7 heteroatoms. The van der Waals surface area contributed by atoms with Gasteiger partial charge in [0.25, 0.3) is 5.91 Å². The van der Waals surface area contributed by atoms with Crippen molar-refractivity contribution in [1.82, 2.24) is 0 Å². The van der Waals surface area contributed by atoms with Crippen molar-refractivity contribution in [1.29, 1.82) is 0 Å². The monoisotopic (exact) mass is 417 g/mol. The molecule has 0 aliphatic rings. The molecule has 31 heavy (non-hydrogen) atoms. The molecule has 3 N–H and O–H groups in total. The van der Waals surface area contributed by atoms with Gasteiger partial charge in [0, 0.05) is 35.6 Å². The Morgan fingerprint density at radius 3 is 2.13 bits per heavy atom. The quantitative estimate of drug-likeness (QED) is 0.509. The molecule has 156 valence electrons. The average molecular weight is 417 g/mol. The summed E-state index contributed by atoms with van der Waals surface area (Å²) in [5.41, 5.74) is 2.56. The van der Waals surface area contributed by atoms with Gasteiger partial charge in [-0.1, -0.05) is 24.3 Å². The molecule has 0 bridgehead atoms.